The summed E-state index contributed by atoms with van der Waals surface area (Å²) < 4.78 is 10.8. The zero-order valence-corrected chi connectivity index (χ0v) is 12.7. The largest absolute Gasteiger partial charge is 0.497 e. The van der Waals surface area contributed by atoms with Crippen molar-refractivity contribution in [1.29, 1.82) is 0 Å². The summed E-state index contributed by atoms with van der Waals surface area (Å²) in [7, 11) is 1.68. The summed E-state index contributed by atoms with van der Waals surface area (Å²) in [5.74, 6) is 2.47. The van der Waals surface area contributed by atoms with E-state index in [1.807, 2.05) is 30.5 Å². The topological polar surface area (TPSA) is 38.5 Å². The Kier molecular flexibility index (Phi) is 4.25. The minimum atomic E-state index is 0.777. The Bertz CT molecular complexity index is 594. The molecule has 2 aromatic rings. The highest BCUT2D eigenvalue weighted by Crippen LogP contribution is 2.28. The van der Waals surface area contributed by atoms with Crippen LogP contribution in [-0.2, 0) is 6.54 Å². The average Bonchev–Trinajstić information content (AvgIpc) is 2.95. The van der Waals surface area contributed by atoms with Gasteiger partial charge in [0.25, 0.3) is 0 Å². The number of piperidine rings is 1. The normalized spacial score (nSPS) is 19.6. The van der Waals surface area contributed by atoms with Gasteiger partial charge in [-0.25, -0.2) is 0 Å². The molecule has 2 heterocycles. The maximum absolute atomic E-state index is 5.49. The first kappa shape index (κ1) is 14.1. The molecule has 3 rings (SSSR count). The minimum absolute atomic E-state index is 0.777. The zero-order chi connectivity index (χ0) is 14.7. The molecule has 0 aliphatic carbocycles. The highest BCUT2D eigenvalue weighted by Gasteiger charge is 2.19. The van der Waals surface area contributed by atoms with Gasteiger partial charge in [0.05, 0.1) is 13.3 Å². The van der Waals surface area contributed by atoms with Gasteiger partial charge in [-0.05, 0) is 37.4 Å². The molecule has 1 aromatic carbocycles. The van der Waals surface area contributed by atoms with Crippen LogP contribution in [0, 0.1) is 5.92 Å². The molecule has 1 aromatic heterocycles. The van der Waals surface area contributed by atoms with E-state index in [0.29, 0.717) is 0 Å². The Morgan fingerprint density at radius 3 is 3.14 bits per heavy atom. The van der Waals surface area contributed by atoms with Crippen LogP contribution in [-0.4, -0.2) is 30.3 Å². The summed E-state index contributed by atoms with van der Waals surface area (Å²) in [6.07, 6.45) is 4.46. The van der Waals surface area contributed by atoms with Gasteiger partial charge < -0.3 is 9.26 Å². The molecule has 0 radical (unpaired) electrons. The monoisotopic (exact) mass is 286 g/mol. The van der Waals surface area contributed by atoms with Crippen LogP contribution in [0.2, 0.25) is 0 Å². The lowest BCUT2D eigenvalue weighted by atomic mass is 9.99. The van der Waals surface area contributed by atoms with Gasteiger partial charge in [0.15, 0.2) is 5.76 Å². The molecule has 1 fully saturated rings. The maximum Gasteiger partial charge on any atom is 0.171 e. The molecular weight excluding hydrogens is 264 g/mol. The van der Waals surface area contributed by atoms with Crippen LogP contribution >= 0.6 is 0 Å². The van der Waals surface area contributed by atoms with Gasteiger partial charge in [-0.2, -0.15) is 0 Å². The average molecular weight is 286 g/mol. The Morgan fingerprint density at radius 2 is 2.33 bits per heavy atom. The molecule has 4 heteroatoms. The minimum Gasteiger partial charge on any atom is -0.497 e. The first-order chi connectivity index (χ1) is 10.3. The predicted octanol–water partition coefficient (Wildman–Crippen LogP) is 3.58. The third-order valence-corrected chi connectivity index (χ3v) is 4.11. The van der Waals surface area contributed by atoms with Crippen LogP contribution in [0.5, 0.6) is 5.75 Å². The molecule has 0 amide bonds. The van der Waals surface area contributed by atoms with Crippen molar-refractivity contribution in [2.75, 3.05) is 20.2 Å². The van der Waals surface area contributed by atoms with Crippen LogP contribution in [0.3, 0.4) is 0 Å². The fourth-order valence-electron chi connectivity index (χ4n) is 3.05. The molecular formula is C17H22N2O2. The van der Waals surface area contributed by atoms with Crippen molar-refractivity contribution < 1.29 is 9.26 Å². The number of hydrogen-bond donors (Lipinski definition) is 0. The Balaban J connectivity index is 1.80. The van der Waals surface area contributed by atoms with Gasteiger partial charge >= 0.3 is 0 Å². The molecule has 4 nitrogen and oxygen atoms in total. The molecule has 1 saturated heterocycles. The molecule has 0 N–H and O–H groups in total. The van der Waals surface area contributed by atoms with Crippen molar-refractivity contribution in [3.8, 4) is 17.1 Å². The maximum atomic E-state index is 5.49. The van der Waals surface area contributed by atoms with Crippen molar-refractivity contribution >= 4 is 0 Å². The second-order valence-corrected chi connectivity index (χ2v) is 5.89. The van der Waals surface area contributed by atoms with Gasteiger partial charge in [-0.15, -0.1) is 0 Å². The van der Waals surface area contributed by atoms with E-state index in [-0.39, 0.29) is 0 Å². The molecule has 1 aliphatic heterocycles. The highest BCUT2D eigenvalue weighted by atomic mass is 16.5. The lowest BCUT2D eigenvalue weighted by Crippen LogP contribution is -2.33. The van der Waals surface area contributed by atoms with E-state index in [9.17, 15) is 0 Å². The molecule has 0 saturated carbocycles. The van der Waals surface area contributed by atoms with Crippen molar-refractivity contribution in [3.05, 3.63) is 36.0 Å². The lowest BCUT2D eigenvalue weighted by Gasteiger charge is -2.30. The fourth-order valence-corrected chi connectivity index (χ4v) is 3.05. The van der Waals surface area contributed by atoms with Gasteiger partial charge in [0, 0.05) is 24.2 Å². The molecule has 0 unspecified atom stereocenters. The molecule has 1 atom stereocenters. The molecule has 21 heavy (non-hydrogen) atoms. The number of benzene rings is 1. The third-order valence-electron chi connectivity index (χ3n) is 4.11. The van der Waals surface area contributed by atoms with Crippen LogP contribution < -0.4 is 4.74 Å². The highest BCUT2D eigenvalue weighted by molar-refractivity contribution is 5.62. The van der Waals surface area contributed by atoms with E-state index in [1.54, 1.807) is 7.11 Å². The first-order valence-electron chi connectivity index (χ1n) is 7.56. The molecule has 112 valence electrons. The van der Waals surface area contributed by atoms with Gasteiger partial charge in [-0.3, -0.25) is 4.90 Å². The number of nitrogens with zero attached hydrogens (tertiary/aromatic N) is 2. The van der Waals surface area contributed by atoms with Crippen LogP contribution in [0.4, 0.5) is 0 Å². The number of rotatable bonds is 4. The lowest BCUT2D eigenvalue weighted by molar-refractivity contribution is 0.176. The number of likely N-dealkylation sites (tertiary alicyclic amines) is 1. The van der Waals surface area contributed by atoms with Crippen molar-refractivity contribution in [2.24, 2.45) is 5.92 Å². The first-order valence-corrected chi connectivity index (χ1v) is 7.56. The summed E-state index contributed by atoms with van der Waals surface area (Å²) in [6.45, 7) is 5.54. The van der Waals surface area contributed by atoms with E-state index < -0.39 is 0 Å². The van der Waals surface area contributed by atoms with Crippen molar-refractivity contribution in [2.45, 2.75) is 26.3 Å². The smallest absolute Gasteiger partial charge is 0.171 e. The van der Waals surface area contributed by atoms with E-state index in [0.717, 1.165) is 48.2 Å². The van der Waals surface area contributed by atoms with Gasteiger partial charge in [0.1, 0.15) is 5.75 Å². The van der Waals surface area contributed by atoms with Crippen molar-refractivity contribution in [1.82, 2.24) is 10.1 Å². The van der Waals surface area contributed by atoms with Crippen LogP contribution in [0.15, 0.2) is 35.0 Å². The van der Waals surface area contributed by atoms with Gasteiger partial charge in [-0.1, -0.05) is 24.2 Å². The zero-order valence-electron chi connectivity index (χ0n) is 12.7. The summed E-state index contributed by atoms with van der Waals surface area (Å²) in [5, 5.41) is 4.00. The van der Waals surface area contributed by atoms with E-state index >= 15 is 0 Å². The number of hydrogen-bond acceptors (Lipinski definition) is 4. The van der Waals surface area contributed by atoms with Crippen molar-refractivity contribution in [3.63, 3.8) is 0 Å². The Labute approximate surface area is 125 Å². The van der Waals surface area contributed by atoms with E-state index in [1.165, 1.54) is 12.8 Å². The summed E-state index contributed by atoms with van der Waals surface area (Å²) in [4.78, 5) is 2.49. The third kappa shape index (κ3) is 3.27. The number of ether oxygens (including phenoxy) is 1. The second kappa shape index (κ2) is 6.31. The number of methoxy groups -OCH3 is 1. The molecule has 0 bridgehead atoms. The summed E-state index contributed by atoms with van der Waals surface area (Å²) in [5.41, 5.74) is 2.17. The van der Waals surface area contributed by atoms with E-state index in [4.69, 9.17) is 9.26 Å². The van der Waals surface area contributed by atoms with E-state index in [2.05, 4.69) is 17.0 Å². The molecule has 0 spiro atoms. The fraction of sp³-hybridized carbons (Fsp3) is 0.471. The second-order valence-electron chi connectivity index (χ2n) is 5.89. The standard InChI is InChI=1S/C17H22N2O2/c1-13-5-4-8-19(11-13)12-15-10-18-21-17(15)14-6-3-7-16(9-14)20-2/h3,6-7,9-10,13H,4-5,8,11-12H2,1-2H3/t13-/m0/s1. The Morgan fingerprint density at radius 1 is 1.43 bits per heavy atom. The Hall–Kier alpha value is -1.81. The van der Waals surface area contributed by atoms with Crippen LogP contribution in [0.25, 0.3) is 11.3 Å². The van der Waals surface area contributed by atoms with Crippen LogP contribution in [0.1, 0.15) is 25.3 Å². The number of aromatic nitrogens is 1. The van der Waals surface area contributed by atoms with Gasteiger partial charge in [0.2, 0.25) is 0 Å². The summed E-state index contributed by atoms with van der Waals surface area (Å²) >= 11 is 0. The molecule has 1 aliphatic rings. The summed E-state index contributed by atoms with van der Waals surface area (Å²) in [6, 6.07) is 7.93. The SMILES string of the molecule is COc1cccc(-c2oncc2CN2CCC[C@H](C)C2)c1. The predicted molar refractivity (Wildman–Crippen MR) is 82.2 cm³/mol. The quantitative estimate of drug-likeness (QED) is 0.861.